The van der Waals surface area contributed by atoms with Gasteiger partial charge in [-0.2, -0.15) is 0 Å². The molecule has 0 atom stereocenters. The monoisotopic (exact) mass is 201 g/mol. The highest BCUT2D eigenvalue weighted by Gasteiger charge is 2.07. The van der Waals surface area contributed by atoms with Crippen molar-refractivity contribution in [2.75, 3.05) is 13.2 Å². The maximum atomic E-state index is 8.63. The molecular formula is C13H15NO. The maximum Gasteiger partial charge on any atom is 0.0540 e. The van der Waals surface area contributed by atoms with Gasteiger partial charge in [-0.3, -0.25) is 0 Å². The van der Waals surface area contributed by atoms with E-state index < -0.39 is 0 Å². The van der Waals surface area contributed by atoms with Crippen molar-refractivity contribution < 1.29 is 5.11 Å². The minimum absolute atomic E-state index is 0.141. The van der Waals surface area contributed by atoms with Crippen LogP contribution in [0.25, 0.3) is 0 Å². The van der Waals surface area contributed by atoms with Gasteiger partial charge in [0.1, 0.15) is 0 Å². The Morgan fingerprint density at radius 2 is 2.27 bits per heavy atom. The molecule has 0 fully saturated rings. The van der Waals surface area contributed by atoms with Crippen LogP contribution in [0.5, 0.6) is 0 Å². The predicted octanol–water partition coefficient (Wildman–Crippen LogP) is 1.07. The molecule has 0 saturated heterocycles. The van der Waals surface area contributed by atoms with Gasteiger partial charge in [-0.25, -0.2) is 0 Å². The molecule has 0 unspecified atom stereocenters. The predicted molar refractivity (Wildman–Crippen MR) is 60.4 cm³/mol. The fourth-order valence-corrected chi connectivity index (χ4v) is 1.78. The highest BCUT2D eigenvalue weighted by atomic mass is 16.2. The molecule has 15 heavy (non-hydrogen) atoms. The van der Waals surface area contributed by atoms with Crippen LogP contribution in [0.15, 0.2) is 18.2 Å². The van der Waals surface area contributed by atoms with Crippen LogP contribution in [0.3, 0.4) is 0 Å². The van der Waals surface area contributed by atoms with E-state index in [0.29, 0.717) is 6.42 Å². The van der Waals surface area contributed by atoms with E-state index in [4.69, 9.17) is 5.11 Å². The summed E-state index contributed by atoms with van der Waals surface area (Å²) in [4.78, 5) is 0. The zero-order valence-corrected chi connectivity index (χ0v) is 8.71. The topological polar surface area (TPSA) is 32.3 Å². The Morgan fingerprint density at radius 3 is 3.13 bits per heavy atom. The van der Waals surface area contributed by atoms with Crippen LogP contribution in [0.4, 0.5) is 0 Å². The molecule has 0 spiro atoms. The van der Waals surface area contributed by atoms with Crippen LogP contribution >= 0.6 is 0 Å². The average Bonchev–Trinajstić information content (AvgIpc) is 2.29. The summed E-state index contributed by atoms with van der Waals surface area (Å²) < 4.78 is 0. The first-order valence-corrected chi connectivity index (χ1v) is 5.32. The molecule has 1 aromatic carbocycles. The third-order valence-electron chi connectivity index (χ3n) is 2.56. The second kappa shape index (κ2) is 4.97. The minimum Gasteiger partial charge on any atom is -0.395 e. The van der Waals surface area contributed by atoms with Crippen LogP contribution in [-0.4, -0.2) is 18.3 Å². The molecule has 2 rings (SSSR count). The summed E-state index contributed by atoms with van der Waals surface area (Å²) in [6.45, 7) is 2.17. The molecule has 2 N–H and O–H groups in total. The zero-order chi connectivity index (χ0) is 10.5. The SMILES string of the molecule is OCCC#Cc1ccc2c(c1)CCNC2. The van der Waals surface area contributed by atoms with Crippen molar-refractivity contribution >= 4 is 0 Å². The summed E-state index contributed by atoms with van der Waals surface area (Å²) >= 11 is 0. The van der Waals surface area contributed by atoms with Gasteiger partial charge in [0, 0.05) is 18.5 Å². The molecule has 0 aromatic heterocycles. The van der Waals surface area contributed by atoms with Gasteiger partial charge in [0.25, 0.3) is 0 Å². The molecule has 1 aliphatic rings. The number of benzene rings is 1. The second-order valence-electron chi connectivity index (χ2n) is 3.69. The van der Waals surface area contributed by atoms with E-state index in [1.54, 1.807) is 0 Å². The van der Waals surface area contributed by atoms with Gasteiger partial charge >= 0.3 is 0 Å². The van der Waals surface area contributed by atoms with Crippen molar-refractivity contribution in [3.05, 3.63) is 34.9 Å². The molecule has 0 bridgehead atoms. The first-order chi connectivity index (χ1) is 7.40. The maximum absolute atomic E-state index is 8.63. The Hall–Kier alpha value is -1.30. The summed E-state index contributed by atoms with van der Waals surface area (Å²) in [6.07, 6.45) is 1.64. The minimum atomic E-state index is 0.141. The molecule has 78 valence electrons. The van der Waals surface area contributed by atoms with Crippen LogP contribution in [-0.2, 0) is 13.0 Å². The number of nitrogens with one attached hydrogen (secondary N) is 1. The lowest BCUT2D eigenvalue weighted by molar-refractivity contribution is 0.305. The Bertz CT molecular complexity index is 401. The van der Waals surface area contributed by atoms with Gasteiger partial charge in [0.15, 0.2) is 0 Å². The molecule has 2 heteroatoms. The largest absolute Gasteiger partial charge is 0.395 e. The van der Waals surface area contributed by atoms with Gasteiger partial charge in [-0.1, -0.05) is 17.9 Å². The molecule has 1 aromatic rings. The van der Waals surface area contributed by atoms with Crippen molar-refractivity contribution in [3.63, 3.8) is 0 Å². The van der Waals surface area contributed by atoms with Crippen molar-refractivity contribution in [1.29, 1.82) is 0 Å². The Morgan fingerprint density at radius 1 is 1.33 bits per heavy atom. The van der Waals surface area contributed by atoms with Gasteiger partial charge in [-0.05, 0) is 36.2 Å². The average molecular weight is 201 g/mol. The van der Waals surface area contributed by atoms with Crippen molar-refractivity contribution in [1.82, 2.24) is 5.32 Å². The summed E-state index contributed by atoms with van der Waals surface area (Å²) in [6, 6.07) is 6.36. The Labute approximate surface area is 90.3 Å². The third kappa shape index (κ3) is 2.59. The lowest BCUT2D eigenvalue weighted by Crippen LogP contribution is -2.23. The Balaban J connectivity index is 2.18. The highest BCUT2D eigenvalue weighted by molar-refractivity contribution is 5.41. The molecule has 0 saturated carbocycles. The fraction of sp³-hybridized carbons (Fsp3) is 0.385. The molecule has 0 radical (unpaired) electrons. The van der Waals surface area contributed by atoms with Crippen molar-refractivity contribution in [2.24, 2.45) is 0 Å². The van der Waals surface area contributed by atoms with E-state index in [0.717, 1.165) is 25.1 Å². The van der Waals surface area contributed by atoms with E-state index in [2.05, 4.69) is 35.4 Å². The third-order valence-corrected chi connectivity index (χ3v) is 2.56. The quantitative estimate of drug-likeness (QED) is 0.666. The summed E-state index contributed by atoms with van der Waals surface area (Å²) in [5.74, 6) is 6.01. The van der Waals surface area contributed by atoms with E-state index in [1.807, 2.05) is 0 Å². The van der Waals surface area contributed by atoms with Crippen molar-refractivity contribution in [2.45, 2.75) is 19.4 Å². The summed E-state index contributed by atoms with van der Waals surface area (Å²) in [5, 5.41) is 12.0. The first-order valence-electron chi connectivity index (χ1n) is 5.32. The Kier molecular flexibility index (Phi) is 3.39. The number of aliphatic hydroxyl groups is 1. The number of aliphatic hydroxyl groups excluding tert-OH is 1. The van der Waals surface area contributed by atoms with E-state index in [-0.39, 0.29) is 6.61 Å². The van der Waals surface area contributed by atoms with E-state index in [9.17, 15) is 0 Å². The number of fused-ring (bicyclic) bond motifs is 1. The first kappa shape index (κ1) is 10.2. The molecule has 0 amide bonds. The van der Waals surface area contributed by atoms with Crippen LogP contribution < -0.4 is 5.32 Å². The molecule has 1 heterocycles. The van der Waals surface area contributed by atoms with Gasteiger partial charge < -0.3 is 10.4 Å². The summed E-state index contributed by atoms with van der Waals surface area (Å²) in [5.41, 5.74) is 3.85. The van der Waals surface area contributed by atoms with Gasteiger partial charge in [0.05, 0.1) is 6.61 Å². The molecule has 1 aliphatic heterocycles. The summed E-state index contributed by atoms with van der Waals surface area (Å²) in [7, 11) is 0. The van der Waals surface area contributed by atoms with Crippen LogP contribution in [0.1, 0.15) is 23.1 Å². The highest BCUT2D eigenvalue weighted by Crippen LogP contribution is 2.15. The number of rotatable bonds is 1. The fourth-order valence-electron chi connectivity index (χ4n) is 1.78. The lowest BCUT2D eigenvalue weighted by Gasteiger charge is -2.16. The smallest absolute Gasteiger partial charge is 0.0540 e. The molecule has 2 nitrogen and oxygen atoms in total. The number of hydrogen-bond donors (Lipinski definition) is 2. The van der Waals surface area contributed by atoms with Crippen molar-refractivity contribution in [3.8, 4) is 11.8 Å². The standard InChI is InChI=1S/C13H15NO/c15-8-2-1-3-11-4-5-13-10-14-7-6-12(13)9-11/h4-5,9,14-15H,2,6-8,10H2. The van der Waals surface area contributed by atoms with E-state index in [1.165, 1.54) is 11.1 Å². The molecular weight excluding hydrogens is 186 g/mol. The van der Waals surface area contributed by atoms with E-state index >= 15 is 0 Å². The number of hydrogen-bond acceptors (Lipinski definition) is 2. The van der Waals surface area contributed by atoms with Crippen LogP contribution in [0.2, 0.25) is 0 Å². The lowest BCUT2D eigenvalue weighted by atomic mass is 9.98. The normalized spacial score (nSPS) is 13.9. The zero-order valence-electron chi connectivity index (χ0n) is 8.71. The second-order valence-corrected chi connectivity index (χ2v) is 3.69. The van der Waals surface area contributed by atoms with Gasteiger partial charge in [-0.15, -0.1) is 0 Å². The van der Waals surface area contributed by atoms with Crippen LogP contribution in [0, 0.1) is 11.8 Å². The van der Waals surface area contributed by atoms with Gasteiger partial charge in [0.2, 0.25) is 0 Å². The molecule has 0 aliphatic carbocycles.